The Morgan fingerprint density at radius 3 is 2.00 bits per heavy atom. The van der Waals surface area contributed by atoms with E-state index in [-0.39, 0.29) is 5.54 Å². The van der Waals surface area contributed by atoms with Crippen LogP contribution in [-0.2, 0) is 13.3 Å². The van der Waals surface area contributed by atoms with Crippen LogP contribution in [0.3, 0.4) is 0 Å². The molecule has 4 nitrogen and oxygen atoms in total. The van der Waals surface area contributed by atoms with Crippen molar-refractivity contribution in [3.05, 3.63) is 0 Å². The van der Waals surface area contributed by atoms with Crippen LogP contribution in [0.4, 0.5) is 0 Å². The lowest BCUT2D eigenvalue weighted by molar-refractivity contribution is 0.112. The molecule has 0 aromatic carbocycles. The van der Waals surface area contributed by atoms with Crippen LogP contribution in [0.15, 0.2) is 0 Å². The summed E-state index contributed by atoms with van der Waals surface area (Å²) in [6.07, 6.45) is 0.822. The first kappa shape index (κ1) is 13.4. The van der Waals surface area contributed by atoms with Crippen molar-refractivity contribution in [1.82, 2.24) is 0 Å². The Bertz CT molecular complexity index is 123. The monoisotopic (exact) mass is 226 g/mol. The van der Waals surface area contributed by atoms with Gasteiger partial charge in [-0.15, -0.1) is 0 Å². The van der Waals surface area contributed by atoms with E-state index in [9.17, 15) is 0 Å². The first-order valence-electron chi connectivity index (χ1n) is 4.08. The lowest BCUT2D eigenvalue weighted by Gasteiger charge is -2.29. The molecule has 0 amide bonds. The Morgan fingerprint density at radius 2 is 1.69 bits per heavy atom. The van der Waals surface area contributed by atoms with Crippen molar-refractivity contribution in [2.45, 2.75) is 18.9 Å². The molecular formula is C7H18O4SSi. The van der Waals surface area contributed by atoms with Crippen LogP contribution in [0.5, 0.6) is 0 Å². The highest BCUT2D eigenvalue weighted by Crippen LogP contribution is 2.27. The van der Waals surface area contributed by atoms with Crippen molar-refractivity contribution < 1.29 is 17.8 Å². The zero-order chi connectivity index (χ0) is 10.3. The van der Waals surface area contributed by atoms with Crippen LogP contribution in [0.25, 0.3) is 0 Å². The summed E-state index contributed by atoms with van der Waals surface area (Å²) in [4.78, 5) is 0. The Kier molecular flexibility index (Phi) is 7.01. The summed E-state index contributed by atoms with van der Waals surface area (Å²) in [6.45, 7) is 2.01. The zero-order valence-electron chi connectivity index (χ0n) is 8.57. The van der Waals surface area contributed by atoms with Crippen LogP contribution in [0.1, 0.15) is 13.3 Å². The minimum atomic E-state index is -2.48. The van der Waals surface area contributed by atoms with Crippen LogP contribution >= 0.6 is 12.0 Å². The zero-order valence-corrected chi connectivity index (χ0v) is 10.4. The van der Waals surface area contributed by atoms with Crippen molar-refractivity contribution in [2.24, 2.45) is 0 Å². The maximum absolute atomic E-state index is 8.61. The van der Waals surface area contributed by atoms with Gasteiger partial charge in [-0.1, -0.05) is 6.92 Å². The molecule has 1 N–H and O–H groups in total. The van der Waals surface area contributed by atoms with E-state index in [1.165, 1.54) is 0 Å². The predicted molar refractivity (Wildman–Crippen MR) is 55.9 cm³/mol. The second-order valence-corrected chi connectivity index (χ2v) is 6.82. The Labute approximate surface area is 85.1 Å². The summed E-state index contributed by atoms with van der Waals surface area (Å²) in [7, 11) is 2.31. The average Bonchev–Trinajstić information content (AvgIpc) is 2.18. The number of hydrogen-bond donors (Lipinski definition) is 1. The van der Waals surface area contributed by atoms with Crippen LogP contribution in [-0.4, -0.2) is 40.4 Å². The minimum Gasteiger partial charge on any atom is -0.377 e. The maximum Gasteiger partial charge on any atom is 0.503 e. The molecule has 0 fully saturated rings. The topological polar surface area (TPSA) is 47.9 Å². The third kappa shape index (κ3) is 3.57. The van der Waals surface area contributed by atoms with E-state index < -0.39 is 8.80 Å². The van der Waals surface area contributed by atoms with Crippen molar-refractivity contribution in [2.75, 3.05) is 27.1 Å². The lowest BCUT2D eigenvalue weighted by Crippen LogP contribution is -2.46. The highest BCUT2D eigenvalue weighted by atomic mass is 32.2. The van der Waals surface area contributed by atoms with Crippen molar-refractivity contribution in [1.29, 1.82) is 0 Å². The third-order valence-electron chi connectivity index (χ3n) is 2.10. The van der Waals surface area contributed by atoms with Gasteiger partial charge in [-0.05, 0) is 18.5 Å². The molecule has 1 unspecified atom stereocenters. The molecule has 6 heteroatoms. The Morgan fingerprint density at radius 1 is 1.23 bits per heavy atom. The summed E-state index contributed by atoms with van der Waals surface area (Å²) in [5.74, 6) is 0.673. The van der Waals surface area contributed by atoms with E-state index in [1.54, 1.807) is 21.3 Å². The molecule has 0 saturated heterocycles. The highest BCUT2D eigenvalue weighted by molar-refractivity contribution is 7.93. The van der Waals surface area contributed by atoms with Gasteiger partial charge in [-0.3, -0.25) is 0 Å². The molecule has 0 aliphatic rings. The molecule has 0 rings (SSSR count). The molecule has 0 aromatic rings. The smallest absolute Gasteiger partial charge is 0.377 e. The van der Waals surface area contributed by atoms with E-state index in [0.29, 0.717) is 5.75 Å². The van der Waals surface area contributed by atoms with Gasteiger partial charge in [-0.2, -0.15) is 0 Å². The van der Waals surface area contributed by atoms with Crippen molar-refractivity contribution in [3.63, 3.8) is 0 Å². The Hall–Kier alpha value is 0.407. The fraction of sp³-hybridized carbons (Fsp3) is 1.00. The van der Waals surface area contributed by atoms with Gasteiger partial charge in [0.1, 0.15) is 0 Å². The van der Waals surface area contributed by atoms with Gasteiger partial charge in [0.05, 0.1) is 0 Å². The molecule has 1 atom stereocenters. The molecule has 0 spiro atoms. The van der Waals surface area contributed by atoms with E-state index >= 15 is 0 Å². The number of hydrogen-bond acceptors (Lipinski definition) is 5. The minimum absolute atomic E-state index is 0.201. The van der Waals surface area contributed by atoms with Crippen LogP contribution in [0.2, 0.25) is 5.54 Å². The van der Waals surface area contributed by atoms with E-state index in [0.717, 1.165) is 18.5 Å². The first-order valence-corrected chi connectivity index (χ1v) is 6.83. The summed E-state index contributed by atoms with van der Waals surface area (Å²) < 4.78 is 24.5. The SMILES string of the molecule is CO[Si](OC)(OC)C(C)CCSO. The first-order chi connectivity index (χ1) is 6.16. The quantitative estimate of drug-likeness (QED) is 0.530. The summed E-state index contributed by atoms with van der Waals surface area (Å²) >= 11 is 0.833. The normalized spacial score (nSPS) is 14.5. The van der Waals surface area contributed by atoms with Crippen LogP contribution in [0, 0.1) is 0 Å². The van der Waals surface area contributed by atoms with Gasteiger partial charge < -0.3 is 17.8 Å². The largest absolute Gasteiger partial charge is 0.503 e. The molecule has 0 aliphatic carbocycles. The molecule has 0 bridgehead atoms. The molecular weight excluding hydrogens is 208 g/mol. The van der Waals surface area contributed by atoms with Gasteiger partial charge in [0.15, 0.2) is 0 Å². The van der Waals surface area contributed by atoms with Gasteiger partial charge >= 0.3 is 8.80 Å². The van der Waals surface area contributed by atoms with Gasteiger partial charge in [0.25, 0.3) is 0 Å². The Balaban J connectivity index is 4.17. The van der Waals surface area contributed by atoms with Crippen LogP contribution < -0.4 is 0 Å². The standard InChI is InChI=1S/C7H18O4SSi/c1-7(5-6-12-8)13(9-2,10-3)11-4/h7-8H,5-6H2,1-4H3. The number of rotatable bonds is 7. The average molecular weight is 226 g/mol. The molecule has 0 aromatic heterocycles. The third-order valence-corrected chi connectivity index (χ3v) is 5.72. The van der Waals surface area contributed by atoms with E-state index in [2.05, 4.69) is 0 Å². The van der Waals surface area contributed by atoms with E-state index in [4.69, 9.17) is 17.8 Å². The van der Waals surface area contributed by atoms with Crippen molar-refractivity contribution >= 4 is 20.8 Å². The second kappa shape index (κ2) is 6.80. The second-order valence-electron chi connectivity index (χ2n) is 2.74. The summed E-state index contributed by atoms with van der Waals surface area (Å²) in [6, 6.07) is 0. The summed E-state index contributed by atoms with van der Waals surface area (Å²) in [5.41, 5.74) is 0.201. The van der Waals surface area contributed by atoms with Crippen molar-refractivity contribution in [3.8, 4) is 0 Å². The van der Waals surface area contributed by atoms with Gasteiger partial charge in [0, 0.05) is 32.6 Å². The van der Waals surface area contributed by atoms with E-state index in [1.807, 2.05) is 6.92 Å². The molecule has 0 aliphatic heterocycles. The highest BCUT2D eigenvalue weighted by Gasteiger charge is 2.44. The molecule has 80 valence electrons. The summed E-state index contributed by atoms with van der Waals surface area (Å²) in [5, 5.41) is 0. The predicted octanol–water partition coefficient (Wildman–Crippen LogP) is 1.85. The van der Waals surface area contributed by atoms with Gasteiger partial charge in [0.2, 0.25) is 0 Å². The lowest BCUT2D eigenvalue weighted by atomic mass is 10.4. The fourth-order valence-electron chi connectivity index (χ4n) is 1.26. The maximum atomic E-state index is 8.61. The van der Waals surface area contributed by atoms with Gasteiger partial charge in [-0.25, -0.2) is 0 Å². The molecule has 0 saturated carbocycles. The fourth-order valence-corrected chi connectivity index (χ4v) is 4.13. The molecule has 0 radical (unpaired) electrons. The molecule has 13 heavy (non-hydrogen) atoms. The molecule has 0 heterocycles.